The number of nitrogens with two attached hydrogens (primary N) is 1. The number of aryl methyl sites for hydroxylation is 2. The average molecular weight is 258 g/mol. The Hall–Kier alpha value is -2.34. The van der Waals surface area contributed by atoms with Gasteiger partial charge >= 0.3 is 5.76 Å². The zero-order valence-electron chi connectivity index (χ0n) is 10.7. The molecular formula is C13H14N4O2. The highest BCUT2D eigenvalue weighted by atomic mass is 16.4. The number of rotatable bonds is 2. The first-order valence-corrected chi connectivity index (χ1v) is 5.95. The monoisotopic (exact) mass is 258 g/mol. The molecule has 0 aliphatic heterocycles. The molecule has 3 rings (SSSR count). The second-order valence-electron chi connectivity index (χ2n) is 4.47. The Bertz CT molecular complexity index is 810. The van der Waals surface area contributed by atoms with E-state index in [1.54, 1.807) is 7.05 Å². The van der Waals surface area contributed by atoms with Crippen LogP contribution in [-0.4, -0.2) is 14.5 Å². The predicted molar refractivity (Wildman–Crippen MR) is 71.7 cm³/mol. The highest BCUT2D eigenvalue weighted by Crippen LogP contribution is 2.25. The summed E-state index contributed by atoms with van der Waals surface area (Å²) in [6.07, 6.45) is 0. The van der Waals surface area contributed by atoms with E-state index in [2.05, 4.69) is 9.97 Å². The van der Waals surface area contributed by atoms with E-state index in [0.29, 0.717) is 12.1 Å². The largest absolute Gasteiger partial charge is 0.419 e. The number of nitrogens with zero attached hydrogens (tertiary/aromatic N) is 2. The van der Waals surface area contributed by atoms with Crippen LogP contribution in [0, 0.1) is 6.92 Å². The Labute approximate surface area is 108 Å². The van der Waals surface area contributed by atoms with Gasteiger partial charge in [0.1, 0.15) is 5.82 Å². The van der Waals surface area contributed by atoms with Crippen LogP contribution in [0.1, 0.15) is 11.5 Å². The third-order valence-corrected chi connectivity index (χ3v) is 3.19. The molecule has 6 heteroatoms. The van der Waals surface area contributed by atoms with Crippen LogP contribution in [0.5, 0.6) is 0 Å². The topological polar surface area (TPSA) is 89.8 Å². The molecule has 0 fully saturated rings. The van der Waals surface area contributed by atoms with E-state index in [1.165, 1.54) is 4.57 Å². The van der Waals surface area contributed by atoms with Gasteiger partial charge in [-0.3, -0.25) is 4.57 Å². The van der Waals surface area contributed by atoms with Crippen molar-refractivity contribution in [2.75, 3.05) is 0 Å². The summed E-state index contributed by atoms with van der Waals surface area (Å²) in [7, 11) is 1.68. The van der Waals surface area contributed by atoms with Crippen LogP contribution in [0.3, 0.4) is 0 Å². The second-order valence-corrected chi connectivity index (χ2v) is 4.47. The number of H-pyrrole nitrogens is 1. The zero-order chi connectivity index (χ0) is 13.6. The lowest BCUT2D eigenvalue weighted by Gasteiger charge is -1.98. The number of imidazole rings is 1. The number of hydrogen-bond acceptors (Lipinski definition) is 4. The van der Waals surface area contributed by atoms with Crippen molar-refractivity contribution >= 4 is 11.1 Å². The van der Waals surface area contributed by atoms with Crippen molar-refractivity contribution in [2.24, 2.45) is 12.8 Å². The molecule has 0 saturated carbocycles. The fourth-order valence-electron chi connectivity index (χ4n) is 2.18. The highest BCUT2D eigenvalue weighted by Gasteiger charge is 2.11. The average Bonchev–Trinajstić information content (AvgIpc) is 2.91. The lowest BCUT2D eigenvalue weighted by Crippen LogP contribution is -2.08. The van der Waals surface area contributed by atoms with E-state index in [0.717, 1.165) is 28.3 Å². The van der Waals surface area contributed by atoms with E-state index < -0.39 is 0 Å². The van der Waals surface area contributed by atoms with Crippen LogP contribution in [0.4, 0.5) is 0 Å². The molecule has 0 saturated heterocycles. The van der Waals surface area contributed by atoms with E-state index in [-0.39, 0.29) is 5.76 Å². The molecule has 2 heterocycles. The summed E-state index contributed by atoms with van der Waals surface area (Å²) in [5.41, 5.74) is 9.56. The number of nitrogens with one attached hydrogen (secondary N) is 1. The number of hydrogen-bond donors (Lipinski definition) is 2. The molecule has 1 aromatic carbocycles. The van der Waals surface area contributed by atoms with E-state index in [1.807, 2.05) is 25.1 Å². The summed E-state index contributed by atoms with van der Waals surface area (Å²) in [5, 5.41) is 0. The minimum atomic E-state index is -0.367. The summed E-state index contributed by atoms with van der Waals surface area (Å²) < 4.78 is 6.65. The molecule has 0 bridgehead atoms. The molecule has 0 aliphatic carbocycles. The Morgan fingerprint density at radius 2 is 2.26 bits per heavy atom. The highest BCUT2D eigenvalue weighted by molar-refractivity contribution is 5.80. The van der Waals surface area contributed by atoms with Crippen LogP contribution in [0.2, 0.25) is 0 Å². The smallest absolute Gasteiger partial charge is 0.408 e. The minimum absolute atomic E-state index is 0.365. The van der Waals surface area contributed by atoms with Gasteiger partial charge in [0.15, 0.2) is 5.58 Å². The number of benzene rings is 1. The van der Waals surface area contributed by atoms with Gasteiger partial charge in [-0.1, -0.05) is 6.07 Å². The van der Waals surface area contributed by atoms with Gasteiger partial charge in [-0.25, -0.2) is 9.78 Å². The molecule has 0 radical (unpaired) electrons. The summed E-state index contributed by atoms with van der Waals surface area (Å²) in [5.74, 6) is 0.371. The van der Waals surface area contributed by atoms with Crippen LogP contribution >= 0.6 is 0 Å². The molecule has 3 N–H and O–H groups in total. The van der Waals surface area contributed by atoms with Crippen LogP contribution in [0.15, 0.2) is 27.4 Å². The lowest BCUT2D eigenvalue weighted by atomic mass is 10.1. The van der Waals surface area contributed by atoms with Crippen molar-refractivity contribution in [3.63, 3.8) is 0 Å². The molecule has 0 amide bonds. The molecule has 98 valence electrons. The molecule has 0 spiro atoms. The molecule has 6 nitrogen and oxygen atoms in total. The van der Waals surface area contributed by atoms with Gasteiger partial charge in [0.05, 0.1) is 17.8 Å². The second kappa shape index (κ2) is 4.10. The Balaban J connectivity index is 2.20. The molecule has 19 heavy (non-hydrogen) atoms. The van der Waals surface area contributed by atoms with Crippen molar-refractivity contribution in [1.82, 2.24) is 14.5 Å². The minimum Gasteiger partial charge on any atom is -0.408 e. The van der Waals surface area contributed by atoms with Gasteiger partial charge in [0, 0.05) is 18.3 Å². The van der Waals surface area contributed by atoms with Gasteiger partial charge in [0.2, 0.25) is 0 Å². The van der Waals surface area contributed by atoms with Crippen LogP contribution in [-0.2, 0) is 13.6 Å². The standard InChI is InChI=1S/C13H14N4O2/c1-7-12(16-11(6-14)15-7)8-3-4-9-10(5-8)19-13(18)17(9)2/h3-5H,6,14H2,1-2H3,(H,15,16). The Kier molecular flexibility index (Phi) is 2.53. The van der Waals surface area contributed by atoms with Crippen LogP contribution in [0.25, 0.3) is 22.4 Å². The first kappa shape index (κ1) is 11.7. The molecular weight excluding hydrogens is 244 g/mol. The Morgan fingerprint density at radius 1 is 1.47 bits per heavy atom. The summed E-state index contributed by atoms with van der Waals surface area (Å²) in [4.78, 5) is 19.0. The van der Waals surface area contributed by atoms with Crippen molar-refractivity contribution in [3.8, 4) is 11.3 Å². The summed E-state index contributed by atoms with van der Waals surface area (Å²) in [6.45, 7) is 2.30. The zero-order valence-corrected chi connectivity index (χ0v) is 10.7. The maximum absolute atomic E-state index is 11.5. The fourth-order valence-corrected chi connectivity index (χ4v) is 2.18. The van der Waals surface area contributed by atoms with Gasteiger partial charge in [-0.2, -0.15) is 0 Å². The van der Waals surface area contributed by atoms with Crippen molar-refractivity contribution in [1.29, 1.82) is 0 Å². The molecule has 0 atom stereocenters. The molecule has 3 aromatic rings. The molecule has 0 unspecified atom stereocenters. The van der Waals surface area contributed by atoms with Crippen molar-refractivity contribution in [2.45, 2.75) is 13.5 Å². The van der Waals surface area contributed by atoms with Gasteiger partial charge < -0.3 is 15.1 Å². The van der Waals surface area contributed by atoms with E-state index in [9.17, 15) is 4.79 Å². The number of aromatic amines is 1. The van der Waals surface area contributed by atoms with Crippen molar-refractivity contribution < 1.29 is 4.42 Å². The van der Waals surface area contributed by atoms with Gasteiger partial charge in [-0.05, 0) is 19.1 Å². The molecule has 0 aliphatic rings. The lowest BCUT2D eigenvalue weighted by molar-refractivity contribution is 0.528. The maximum atomic E-state index is 11.5. The fraction of sp³-hybridized carbons (Fsp3) is 0.231. The number of aromatic nitrogens is 3. The SMILES string of the molecule is Cc1[nH]c(CN)nc1-c1ccc2c(c1)oc(=O)n2C. The van der Waals surface area contributed by atoms with Crippen LogP contribution < -0.4 is 11.5 Å². The van der Waals surface area contributed by atoms with E-state index in [4.69, 9.17) is 10.2 Å². The normalized spacial score (nSPS) is 11.3. The third kappa shape index (κ3) is 1.77. The molecule has 2 aromatic heterocycles. The Morgan fingerprint density at radius 3 is 2.95 bits per heavy atom. The quantitative estimate of drug-likeness (QED) is 0.724. The summed E-state index contributed by atoms with van der Waals surface area (Å²) >= 11 is 0. The first-order chi connectivity index (χ1) is 9.10. The van der Waals surface area contributed by atoms with Gasteiger partial charge in [0.25, 0.3) is 0 Å². The van der Waals surface area contributed by atoms with Gasteiger partial charge in [-0.15, -0.1) is 0 Å². The maximum Gasteiger partial charge on any atom is 0.419 e. The number of fused-ring (bicyclic) bond motifs is 1. The first-order valence-electron chi connectivity index (χ1n) is 5.95. The summed E-state index contributed by atoms with van der Waals surface area (Å²) in [6, 6.07) is 5.59. The third-order valence-electron chi connectivity index (χ3n) is 3.19. The van der Waals surface area contributed by atoms with E-state index >= 15 is 0 Å². The van der Waals surface area contributed by atoms with Crippen molar-refractivity contribution in [3.05, 3.63) is 40.3 Å². The predicted octanol–water partition coefficient (Wildman–Crippen LogP) is 1.29. The number of oxazole rings is 1.